The Morgan fingerprint density at radius 2 is 1.61 bits per heavy atom. The van der Waals surface area contributed by atoms with Crippen LogP contribution in [0, 0.1) is 13.8 Å². The third-order valence-electron chi connectivity index (χ3n) is 6.40. The number of sulfonamides is 1. The second kappa shape index (κ2) is 13.4. The Hall–Kier alpha value is -2.87. The van der Waals surface area contributed by atoms with Crippen molar-refractivity contribution in [3.63, 3.8) is 0 Å². The number of carbonyl (C=O) groups excluding carboxylic acids is 2. The second-order valence-corrected chi connectivity index (χ2v) is 11.4. The van der Waals surface area contributed by atoms with Gasteiger partial charge in [0.2, 0.25) is 21.8 Å². The molecule has 2 rings (SSSR count). The number of nitrogens with one attached hydrogen (secondary N) is 1. The number of amides is 2. The predicted octanol–water partition coefficient (Wildman–Crippen LogP) is 4.57. The van der Waals surface area contributed by atoms with Crippen LogP contribution >= 0.6 is 0 Å². The van der Waals surface area contributed by atoms with E-state index in [1.807, 2.05) is 71.0 Å². The van der Waals surface area contributed by atoms with E-state index in [1.54, 1.807) is 17.0 Å². The average molecular weight is 516 g/mol. The summed E-state index contributed by atoms with van der Waals surface area (Å²) in [6.45, 7) is 10.2. The standard InChI is InChI=1S/C28H41N3O4S/c1-7-23(5)29-28(33)25(8-2)30(20-24-17-15-21(3)16-18-24)27(32)14-11-19-31(36(6,34)35)26-13-10-9-12-22(26)4/h9-10,12-13,15-18,23,25H,7-8,11,14,19-20H2,1-6H3,(H,29,33)/t23-,25+/m1/s1. The summed E-state index contributed by atoms with van der Waals surface area (Å²) >= 11 is 0. The topological polar surface area (TPSA) is 86.8 Å². The molecule has 0 radical (unpaired) electrons. The van der Waals surface area contributed by atoms with Gasteiger partial charge in [0.25, 0.3) is 0 Å². The van der Waals surface area contributed by atoms with Crippen LogP contribution in [0.1, 0.15) is 63.1 Å². The van der Waals surface area contributed by atoms with Crippen LogP contribution in [0.4, 0.5) is 5.69 Å². The lowest BCUT2D eigenvalue weighted by Crippen LogP contribution is -2.50. The van der Waals surface area contributed by atoms with E-state index >= 15 is 0 Å². The van der Waals surface area contributed by atoms with Crippen molar-refractivity contribution in [2.24, 2.45) is 0 Å². The molecule has 36 heavy (non-hydrogen) atoms. The van der Waals surface area contributed by atoms with Gasteiger partial charge in [-0.05, 0) is 57.2 Å². The molecule has 0 fully saturated rings. The molecule has 0 saturated heterocycles. The highest BCUT2D eigenvalue weighted by molar-refractivity contribution is 7.92. The van der Waals surface area contributed by atoms with E-state index in [1.165, 1.54) is 10.6 Å². The Bertz CT molecular complexity index is 1120. The Kier molecular flexibility index (Phi) is 11.0. The largest absolute Gasteiger partial charge is 0.352 e. The van der Waals surface area contributed by atoms with Crippen molar-refractivity contribution in [1.29, 1.82) is 0 Å². The van der Waals surface area contributed by atoms with Gasteiger partial charge in [-0.3, -0.25) is 13.9 Å². The molecule has 0 saturated carbocycles. The first-order valence-electron chi connectivity index (χ1n) is 12.7. The summed E-state index contributed by atoms with van der Waals surface area (Å²) in [5.41, 5.74) is 3.53. The fraction of sp³-hybridized carbons (Fsp3) is 0.500. The lowest BCUT2D eigenvalue weighted by atomic mass is 10.1. The number of rotatable bonds is 13. The minimum absolute atomic E-state index is 0.0142. The third kappa shape index (κ3) is 8.36. The van der Waals surface area contributed by atoms with Crippen molar-refractivity contribution in [3.05, 3.63) is 65.2 Å². The Morgan fingerprint density at radius 1 is 0.972 bits per heavy atom. The molecule has 2 amide bonds. The van der Waals surface area contributed by atoms with Gasteiger partial charge in [0, 0.05) is 25.6 Å². The zero-order valence-electron chi connectivity index (χ0n) is 22.5. The zero-order chi connectivity index (χ0) is 26.9. The molecule has 0 aliphatic carbocycles. The zero-order valence-corrected chi connectivity index (χ0v) is 23.3. The minimum atomic E-state index is -3.52. The second-order valence-electron chi connectivity index (χ2n) is 9.47. The van der Waals surface area contributed by atoms with E-state index < -0.39 is 16.1 Å². The van der Waals surface area contributed by atoms with Crippen molar-refractivity contribution in [2.45, 2.75) is 78.9 Å². The monoisotopic (exact) mass is 515 g/mol. The Labute approximate surface area is 216 Å². The number of carbonyl (C=O) groups is 2. The van der Waals surface area contributed by atoms with Crippen LogP contribution < -0.4 is 9.62 Å². The number of nitrogens with zero attached hydrogens (tertiary/aromatic N) is 2. The summed E-state index contributed by atoms with van der Waals surface area (Å²) in [4.78, 5) is 28.2. The van der Waals surface area contributed by atoms with Crippen LogP contribution in [0.2, 0.25) is 0 Å². The lowest BCUT2D eigenvalue weighted by Gasteiger charge is -2.32. The molecule has 0 aromatic heterocycles. The van der Waals surface area contributed by atoms with E-state index in [9.17, 15) is 18.0 Å². The molecule has 1 N–H and O–H groups in total. The molecule has 0 spiro atoms. The molecule has 0 aliphatic rings. The maximum absolute atomic E-state index is 13.5. The maximum Gasteiger partial charge on any atom is 0.243 e. The molecule has 2 aromatic carbocycles. The summed E-state index contributed by atoms with van der Waals surface area (Å²) in [5.74, 6) is -0.329. The van der Waals surface area contributed by atoms with Gasteiger partial charge in [0.05, 0.1) is 11.9 Å². The average Bonchev–Trinajstić information content (AvgIpc) is 2.82. The van der Waals surface area contributed by atoms with Crippen molar-refractivity contribution >= 4 is 27.5 Å². The first-order valence-corrected chi connectivity index (χ1v) is 14.5. The van der Waals surface area contributed by atoms with Crippen molar-refractivity contribution < 1.29 is 18.0 Å². The van der Waals surface area contributed by atoms with Crippen LogP contribution in [0.5, 0.6) is 0 Å². The molecule has 198 valence electrons. The molecule has 2 aromatic rings. The smallest absolute Gasteiger partial charge is 0.243 e. The minimum Gasteiger partial charge on any atom is -0.352 e. The van der Waals surface area contributed by atoms with Gasteiger partial charge in [0.15, 0.2) is 0 Å². The highest BCUT2D eigenvalue weighted by atomic mass is 32.2. The van der Waals surface area contributed by atoms with E-state index in [-0.39, 0.29) is 30.8 Å². The molecule has 0 bridgehead atoms. The summed E-state index contributed by atoms with van der Waals surface area (Å²) < 4.78 is 26.4. The summed E-state index contributed by atoms with van der Waals surface area (Å²) in [7, 11) is -3.52. The number of aryl methyl sites for hydroxylation is 2. The van der Waals surface area contributed by atoms with Gasteiger partial charge < -0.3 is 10.2 Å². The van der Waals surface area contributed by atoms with E-state index in [2.05, 4.69) is 5.32 Å². The number of benzene rings is 2. The van der Waals surface area contributed by atoms with E-state index in [4.69, 9.17) is 0 Å². The van der Waals surface area contributed by atoms with Gasteiger partial charge in [-0.15, -0.1) is 0 Å². The Balaban J connectivity index is 2.23. The van der Waals surface area contributed by atoms with Crippen LogP contribution in [0.3, 0.4) is 0 Å². The molecule has 0 heterocycles. The van der Waals surface area contributed by atoms with Gasteiger partial charge in [0.1, 0.15) is 6.04 Å². The molecule has 8 heteroatoms. The summed E-state index contributed by atoms with van der Waals surface area (Å²) in [6, 6.07) is 14.6. The van der Waals surface area contributed by atoms with Crippen LogP contribution in [-0.4, -0.2) is 50.0 Å². The summed E-state index contributed by atoms with van der Waals surface area (Å²) in [5, 5.41) is 3.01. The highest BCUT2D eigenvalue weighted by Gasteiger charge is 2.29. The maximum atomic E-state index is 13.5. The van der Waals surface area contributed by atoms with E-state index in [0.29, 0.717) is 25.1 Å². The fourth-order valence-electron chi connectivity index (χ4n) is 4.08. The first kappa shape index (κ1) is 29.4. The Morgan fingerprint density at radius 3 is 2.17 bits per heavy atom. The van der Waals surface area contributed by atoms with Crippen molar-refractivity contribution in [1.82, 2.24) is 10.2 Å². The molecule has 2 atom stereocenters. The van der Waals surface area contributed by atoms with Crippen LogP contribution in [0.15, 0.2) is 48.5 Å². The summed E-state index contributed by atoms with van der Waals surface area (Å²) in [6.07, 6.45) is 2.94. The lowest BCUT2D eigenvalue weighted by molar-refractivity contribution is -0.141. The highest BCUT2D eigenvalue weighted by Crippen LogP contribution is 2.23. The van der Waals surface area contributed by atoms with E-state index in [0.717, 1.165) is 23.1 Å². The third-order valence-corrected chi connectivity index (χ3v) is 7.58. The number of hydrogen-bond donors (Lipinski definition) is 1. The fourth-order valence-corrected chi connectivity index (χ4v) is 5.10. The SMILES string of the molecule is CC[C@@H](C)NC(=O)[C@H](CC)N(Cc1ccc(C)cc1)C(=O)CCCN(c1ccccc1C)S(C)(=O)=O. The molecule has 7 nitrogen and oxygen atoms in total. The van der Waals surface area contributed by atoms with Crippen molar-refractivity contribution in [2.75, 3.05) is 17.1 Å². The van der Waals surface area contributed by atoms with Gasteiger partial charge in [-0.25, -0.2) is 8.42 Å². The van der Waals surface area contributed by atoms with Gasteiger partial charge in [-0.2, -0.15) is 0 Å². The normalized spacial score (nSPS) is 13.1. The van der Waals surface area contributed by atoms with Crippen LogP contribution in [0.25, 0.3) is 0 Å². The quantitative estimate of drug-likeness (QED) is 0.423. The molecular formula is C28H41N3O4S. The van der Waals surface area contributed by atoms with Gasteiger partial charge in [-0.1, -0.05) is 61.9 Å². The van der Waals surface area contributed by atoms with Crippen molar-refractivity contribution in [3.8, 4) is 0 Å². The predicted molar refractivity (Wildman–Crippen MR) is 146 cm³/mol. The number of anilines is 1. The molecule has 0 aliphatic heterocycles. The number of hydrogen-bond acceptors (Lipinski definition) is 4. The molecular weight excluding hydrogens is 474 g/mol. The van der Waals surface area contributed by atoms with Gasteiger partial charge >= 0.3 is 0 Å². The molecule has 0 unspecified atom stereocenters. The number of para-hydroxylation sites is 1. The first-order chi connectivity index (χ1) is 17.0. The van der Waals surface area contributed by atoms with Crippen LogP contribution in [-0.2, 0) is 26.2 Å².